The Morgan fingerprint density at radius 2 is 2.16 bits per heavy atom. The lowest BCUT2D eigenvalue weighted by Gasteiger charge is -2.16. The quantitative estimate of drug-likeness (QED) is 0.927. The Morgan fingerprint density at radius 1 is 1.37 bits per heavy atom. The van der Waals surface area contributed by atoms with E-state index >= 15 is 0 Å². The van der Waals surface area contributed by atoms with Crippen LogP contribution in [0.2, 0.25) is 0 Å². The number of hydrogen-bond acceptors (Lipinski definition) is 2. The van der Waals surface area contributed by atoms with Crippen molar-refractivity contribution in [3.63, 3.8) is 0 Å². The summed E-state index contributed by atoms with van der Waals surface area (Å²) >= 11 is 0. The van der Waals surface area contributed by atoms with Gasteiger partial charge in [0.2, 0.25) is 0 Å². The van der Waals surface area contributed by atoms with E-state index in [9.17, 15) is 13.6 Å². The smallest absolute Gasteiger partial charge is 0.322 e. The van der Waals surface area contributed by atoms with Crippen LogP contribution in [-0.2, 0) is 6.54 Å². The molecule has 0 saturated carbocycles. The van der Waals surface area contributed by atoms with Crippen LogP contribution >= 0.6 is 0 Å². The zero-order valence-corrected chi connectivity index (χ0v) is 10.2. The van der Waals surface area contributed by atoms with Crippen LogP contribution in [0.15, 0.2) is 41.0 Å². The molecule has 100 valence electrons. The van der Waals surface area contributed by atoms with Gasteiger partial charge < -0.3 is 14.6 Å². The van der Waals surface area contributed by atoms with Crippen molar-refractivity contribution < 1.29 is 18.0 Å². The molecule has 1 aromatic carbocycles. The van der Waals surface area contributed by atoms with Crippen molar-refractivity contribution in [2.45, 2.75) is 6.54 Å². The van der Waals surface area contributed by atoms with Crippen LogP contribution in [0.3, 0.4) is 0 Å². The minimum absolute atomic E-state index is 0.198. The zero-order valence-electron chi connectivity index (χ0n) is 10.2. The van der Waals surface area contributed by atoms with Gasteiger partial charge in [0.05, 0.1) is 18.5 Å². The molecule has 0 aliphatic rings. The Bertz CT molecular complexity index is 570. The molecule has 6 heteroatoms. The third kappa shape index (κ3) is 3.31. The molecule has 0 atom stereocenters. The molecule has 0 saturated heterocycles. The fourth-order valence-electron chi connectivity index (χ4n) is 1.51. The average Bonchev–Trinajstić information content (AvgIpc) is 2.86. The minimum atomic E-state index is -0.693. The van der Waals surface area contributed by atoms with Gasteiger partial charge in [-0.2, -0.15) is 0 Å². The molecule has 0 aliphatic heterocycles. The van der Waals surface area contributed by atoms with Crippen molar-refractivity contribution in [3.8, 4) is 0 Å². The number of carbonyl (C=O) groups is 1. The fraction of sp³-hybridized carbons (Fsp3) is 0.154. The number of hydrogen-bond donors (Lipinski definition) is 1. The second-order valence-electron chi connectivity index (χ2n) is 3.99. The van der Waals surface area contributed by atoms with E-state index < -0.39 is 17.7 Å². The molecular weight excluding hydrogens is 254 g/mol. The predicted molar refractivity (Wildman–Crippen MR) is 65.6 cm³/mol. The lowest BCUT2D eigenvalue weighted by molar-refractivity contribution is 0.216. The number of urea groups is 1. The summed E-state index contributed by atoms with van der Waals surface area (Å²) in [7, 11) is 1.52. The Labute approximate surface area is 108 Å². The summed E-state index contributed by atoms with van der Waals surface area (Å²) < 4.78 is 31.4. The number of carbonyl (C=O) groups excluding carboxylic acids is 1. The number of nitrogens with one attached hydrogen (secondary N) is 1. The second-order valence-corrected chi connectivity index (χ2v) is 3.99. The van der Waals surface area contributed by atoms with E-state index in [1.807, 2.05) is 0 Å². The van der Waals surface area contributed by atoms with Gasteiger partial charge in [0.25, 0.3) is 0 Å². The van der Waals surface area contributed by atoms with Crippen molar-refractivity contribution in [1.82, 2.24) is 4.90 Å². The van der Waals surface area contributed by atoms with E-state index in [1.54, 1.807) is 12.1 Å². The summed E-state index contributed by atoms with van der Waals surface area (Å²) in [6, 6.07) is 5.73. The fourth-order valence-corrected chi connectivity index (χ4v) is 1.51. The summed E-state index contributed by atoms with van der Waals surface area (Å²) in [6.45, 7) is 0.232. The Morgan fingerprint density at radius 3 is 2.84 bits per heavy atom. The maximum Gasteiger partial charge on any atom is 0.322 e. The summed E-state index contributed by atoms with van der Waals surface area (Å²) in [5.74, 6) is -0.719. The number of rotatable bonds is 3. The monoisotopic (exact) mass is 266 g/mol. The topological polar surface area (TPSA) is 45.5 Å². The van der Waals surface area contributed by atoms with Gasteiger partial charge in [-0.1, -0.05) is 0 Å². The van der Waals surface area contributed by atoms with Crippen molar-refractivity contribution in [1.29, 1.82) is 0 Å². The first-order chi connectivity index (χ1) is 9.06. The molecule has 1 heterocycles. The van der Waals surface area contributed by atoms with Gasteiger partial charge in [-0.05, 0) is 24.3 Å². The van der Waals surface area contributed by atoms with Gasteiger partial charge in [0.15, 0.2) is 0 Å². The maximum atomic E-state index is 13.4. The van der Waals surface area contributed by atoms with Gasteiger partial charge in [-0.3, -0.25) is 0 Å². The van der Waals surface area contributed by atoms with E-state index in [0.717, 1.165) is 18.2 Å². The minimum Gasteiger partial charge on any atom is -0.467 e. The number of amides is 2. The molecule has 4 nitrogen and oxygen atoms in total. The molecule has 1 N–H and O–H groups in total. The van der Waals surface area contributed by atoms with Gasteiger partial charge in [0.1, 0.15) is 17.4 Å². The maximum absolute atomic E-state index is 13.4. The summed E-state index contributed by atoms with van der Waals surface area (Å²) in [5.41, 5.74) is -0.198. The number of nitrogens with zero attached hydrogens (tertiary/aromatic N) is 1. The van der Waals surface area contributed by atoms with E-state index in [1.165, 1.54) is 18.2 Å². The number of benzene rings is 1. The molecule has 0 radical (unpaired) electrons. The Kier molecular flexibility index (Phi) is 3.79. The predicted octanol–water partition coefficient (Wildman–Crippen LogP) is 3.22. The van der Waals surface area contributed by atoms with Crippen molar-refractivity contribution >= 4 is 11.7 Å². The van der Waals surface area contributed by atoms with E-state index in [0.29, 0.717) is 5.76 Å². The van der Waals surface area contributed by atoms with Gasteiger partial charge >= 0.3 is 6.03 Å². The van der Waals surface area contributed by atoms with Crippen LogP contribution in [0, 0.1) is 11.6 Å². The van der Waals surface area contributed by atoms with E-state index in [2.05, 4.69) is 5.32 Å². The van der Waals surface area contributed by atoms with Crippen LogP contribution in [0.5, 0.6) is 0 Å². The first-order valence-electron chi connectivity index (χ1n) is 5.56. The molecule has 19 heavy (non-hydrogen) atoms. The van der Waals surface area contributed by atoms with Crippen LogP contribution in [-0.4, -0.2) is 18.0 Å². The molecule has 0 spiro atoms. The van der Waals surface area contributed by atoms with Crippen molar-refractivity contribution in [2.75, 3.05) is 12.4 Å². The third-order valence-electron chi connectivity index (χ3n) is 2.49. The Balaban J connectivity index is 2.02. The van der Waals surface area contributed by atoms with Crippen LogP contribution < -0.4 is 5.32 Å². The Hall–Kier alpha value is -2.37. The summed E-state index contributed by atoms with van der Waals surface area (Å²) in [5, 5.41) is 2.29. The normalized spacial score (nSPS) is 10.3. The highest BCUT2D eigenvalue weighted by molar-refractivity contribution is 5.89. The highest BCUT2D eigenvalue weighted by Crippen LogP contribution is 2.16. The summed E-state index contributed by atoms with van der Waals surface area (Å²) in [6.07, 6.45) is 1.49. The molecule has 2 rings (SSSR count). The largest absolute Gasteiger partial charge is 0.467 e. The van der Waals surface area contributed by atoms with Gasteiger partial charge in [-0.25, -0.2) is 13.6 Å². The highest BCUT2D eigenvalue weighted by atomic mass is 19.1. The molecule has 2 amide bonds. The molecule has 0 fully saturated rings. The number of furan rings is 1. The van der Waals surface area contributed by atoms with Crippen molar-refractivity contribution in [2.24, 2.45) is 0 Å². The lowest BCUT2D eigenvalue weighted by atomic mass is 10.3. The highest BCUT2D eigenvalue weighted by Gasteiger charge is 2.13. The third-order valence-corrected chi connectivity index (χ3v) is 2.49. The first-order valence-corrected chi connectivity index (χ1v) is 5.56. The molecule has 0 bridgehead atoms. The number of anilines is 1. The van der Waals surface area contributed by atoms with E-state index in [-0.39, 0.29) is 12.2 Å². The molecule has 0 unspecified atom stereocenters. The second kappa shape index (κ2) is 5.51. The average molecular weight is 266 g/mol. The standard InChI is InChI=1S/C13H12F2N2O2/c1-17(8-10-3-2-6-19-10)13(18)16-12-7-9(14)4-5-11(12)15/h2-7H,8H2,1H3,(H,16,18). The first kappa shape index (κ1) is 13.1. The molecule has 1 aromatic heterocycles. The van der Waals surface area contributed by atoms with Crippen LogP contribution in [0.1, 0.15) is 5.76 Å². The zero-order chi connectivity index (χ0) is 13.8. The van der Waals surface area contributed by atoms with Crippen molar-refractivity contribution in [3.05, 3.63) is 54.0 Å². The number of halogens is 2. The van der Waals surface area contributed by atoms with E-state index in [4.69, 9.17) is 4.42 Å². The SMILES string of the molecule is CN(Cc1ccco1)C(=O)Nc1cc(F)ccc1F. The van der Waals surface area contributed by atoms with Gasteiger partial charge in [0, 0.05) is 13.1 Å². The lowest BCUT2D eigenvalue weighted by Crippen LogP contribution is -2.31. The van der Waals surface area contributed by atoms with Crippen LogP contribution in [0.4, 0.5) is 19.3 Å². The molecule has 0 aliphatic carbocycles. The molecule has 2 aromatic rings. The van der Waals surface area contributed by atoms with Gasteiger partial charge in [-0.15, -0.1) is 0 Å². The molecular formula is C13H12F2N2O2. The summed E-state index contributed by atoms with van der Waals surface area (Å²) in [4.78, 5) is 13.1. The van der Waals surface area contributed by atoms with Crippen LogP contribution in [0.25, 0.3) is 0 Å².